The lowest BCUT2D eigenvalue weighted by molar-refractivity contribution is 0.176. The zero-order chi connectivity index (χ0) is 13.5. The predicted octanol–water partition coefficient (Wildman–Crippen LogP) is 3.10. The number of piperidine rings is 1. The minimum absolute atomic E-state index is 0.149. The van der Waals surface area contributed by atoms with Crippen LogP contribution in [0.5, 0.6) is 0 Å². The summed E-state index contributed by atoms with van der Waals surface area (Å²) in [5, 5.41) is 10.8. The lowest BCUT2D eigenvalue weighted by Gasteiger charge is -2.31. The molecule has 0 unspecified atom stereocenters. The molecule has 0 amide bonds. The van der Waals surface area contributed by atoms with Gasteiger partial charge in [-0.15, -0.1) is 11.3 Å². The fourth-order valence-electron chi connectivity index (χ4n) is 2.52. The Bertz CT molecular complexity index is 435. The average molecular weight is 277 g/mol. The summed E-state index contributed by atoms with van der Waals surface area (Å²) in [5.74, 6) is 7.02. The highest BCUT2D eigenvalue weighted by Gasteiger charge is 2.17. The van der Waals surface area contributed by atoms with E-state index in [4.69, 9.17) is 5.11 Å². The van der Waals surface area contributed by atoms with Crippen molar-refractivity contribution in [2.45, 2.75) is 39.2 Å². The second-order valence-corrected chi connectivity index (χ2v) is 6.20. The maximum Gasteiger partial charge on any atom is 0.0540 e. The van der Waals surface area contributed by atoms with Gasteiger partial charge in [0.25, 0.3) is 0 Å². The molecule has 1 N–H and O–H groups in total. The van der Waals surface area contributed by atoms with Crippen LogP contribution in [-0.4, -0.2) is 29.7 Å². The van der Waals surface area contributed by atoms with Crippen molar-refractivity contribution in [3.8, 4) is 11.8 Å². The molecule has 1 aliphatic rings. The van der Waals surface area contributed by atoms with Crippen molar-refractivity contribution in [2.75, 3.05) is 19.7 Å². The van der Waals surface area contributed by atoms with Gasteiger partial charge in [-0.25, -0.2) is 0 Å². The molecule has 2 nitrogen and oxygen atoms in total. The molecular weight excluding hydrogens is 254 g/mol. The Morgan fingerprint density at radius 2 is 2.21 bits per heavy atom. The minimum atomic E-state index is 0.149. The van der Waals surface area contributed by atoms with Gasteiger partial charge in [0.15, 0.2) is 0 Å². The molecule has 0 aliphatic carbocycles. The van der Waals surface area contributed by atoms with E-state index in [0.29, 0.717) is 6.42 Å². The molecule has 3 heteroatoms. The number of thiophene rings is 1. The Morgan fingerprint density at radius 3 is 2.89 bits per heavy atom. The second kappa shape index (κ2) is 7.69. The van der Waals surface area contributed by atoms with E-state index in [1.54, 1.807) is 11.3 Å². The van der Waals surface area contributed by atoms with Crippen LogP contribution in [0.4, 0.5) is 0 Å². The summed E-state index contributed by atoms with van der Waals surface area (Å²) < 4.78 is 0. The van der Waals surface area contributed by atoms with E-state index in [0.717, 1.165) is 18.0 Å². The van der Waals surface area contributed by atoms with Gasteiger partial charge >= 0.3 is 0 Å². The molecule has 0 spiro atoms. The molecule has 1 saturated heterocycles. The van der Waals surface area contributed by atoms with Crippen molar-refractivity contribution in [2.24, 2.45) is 5.92 Å². The summed E-state index contributed by atoms with van der Waals surface area (Å²) in [6.45, 7) is 6.00. The van der Waals surface area contributed by atoms with Crippen LogP contribution in [0.1, 0.15) is 43.0 Å². The highest BCUT2D eigenvalue weighted by molar-refractivity contribution is 7.10. The summed E-state index contributed by atoms with van der Waals surface area (Å²) >= 11 is 1.80. The molecule has 1 aromatic rings. The van der Waals surface area contributed by atoms with Crippen molar-refractivity contribution in [3.05, 3.63) is 21.9 Å². The zero-order valence-corrected chi connectivity index (χ0v) is 12.5. The number of aliphatic hydroxyl groups is 1. The molecule has 0 saturated carbocycles. The van der Waals surface area contributed by atoms with Crippen molar-refractivity contribution in [1.29, 1.82) is 0 Å². The Labute approximate surface area is 120 Å². The molecule has 1 fully saturated rings. The molecule has 0 radical (unpaired) electrons. The fraction of sp³-hybridized carbons (Fsp3) is 0.625. The van der Waals surface area contributed by atoms with Crippen molar-refractivity contribution in [3.63, 3.8) is 0 Å². The smallest absolute Gasteiger partial charge is 0.0540 e. The molecular formula is C16H23NOS. The third-order valence-corrected chi connectivity index (χ3v) is 4.71. The van der Waals surface area contributed by atoms with Crippen LogP contribution in [0.2, 0.25) is 0 Å². The first-order chi connectivity index (χ1) is 9.31. The minimum Gasteiger partial charge on any atom is -0.395 e. The molecule has 0 atom stereocenters. The Kier molecular flexibility index (Phi) is 5.91. The van der Waals surface area contributed by atoms with Crippen molar-refractivity contribution < 1.29 is 5.11 Å². The van der Waals surface area contributed by atoms with Gasteiger partial charge in [-0.05, 0) is 37.9 Å². The monoisotopic (exact) mass is 277 g/mol. The molecule has 1 aromatic heterocycles. The number of nitrogens with zero attached hydrogens (tertiary/aromatic N) is 1. The van der Waals surface area contributed by atoms with E-state index in [1.165, 1.54) is 37.2 Å². The lowest BCUT2D eigenvalue weighted by atomic mass is 9.94. The number of hydrogen-bond donors (Lipinski definition) is 1. The molecule has 0 aromatic carbocycles. The van der Waals surface area contributed by atoms with E-state index in [1.807, 2.05) is 0 Å². The first-order valence-electron chi connectivity index (χ1n) is 7.21. The average Bonchev–Trinajstić information content (AvgIpc) is 2.88. The third-order valence-electron chi connectivity index (χ3n) is 3.79. The van der Waals surface area contributed by atoms with Gasteiger partial charge in [0.2, 0.25) is 0 Å². The highest BCUT2D eigenvalue weighted by atomic mass is 32.1. The van der Waals surface area contributed by atoms with E-state index >= 15 is 0 Å². The molecule has 19 heavy (non-hydrogen) atoms. The van der Waals surface area contributed by atoms with Crippen LogP contribution in [0.3, 0.4) is 0 Å². The molecule has 1 aliphatic heterocycles. The summed E-state index contributed by atoms with van der Waals surface area (Å²) in [4.78, 5) is 3.96. The molecule has 2 rings (SSSR count). The Hall–Kier alpha value is -0.820. The second-order valence-electron chi connectivity index (χ2n) is 5.20. The fourth-order valence-corrected chi connectivity index (χ4v) is 3.38. The SMILES string of the molecule is CCC1CCN(Cc2cc(C#CCCO)cs2)CC1. The van der Waals surface area contributed by atoms with Crippen LogP contribution in [0.25, 0.3) is 0 Å². The normalized spacial score (nSPS) is 17.2. The van der Waals surface area contributed by atoms with E-state index in [9.17, 15) is 0 Å². The van der Waals surface area contributed by atoms with Gasteiger partial charge < -0.3 is 5.11 Å². The van der Waals surface area contributed by atoms with E-state index < -0.39 is 0 Å². The first-order valence-corrected chi connectivity index (χ1v) is 8.09. The molecule has 0 bridgehead atoms. The molecule has 2 heterocycles. The maximum atomic E-state index is 8.70. The standard InChI is InChI=1S/C16H23NOS/c1-2-14-6-8-17(9-7-14)12-16-11-15(13-19-16)5-3-4-10-18/h11,13-14,18H,2,4,6-10,12H2,1H3. The van der Waals surface area contributed by atoms with Gasteiger partial charge in [-0.2, -0.15) is 0 Å². The summed E-state index contributed by atoms with van der Waals surface area (Å²) in [7, 11) is 0. The van der Waals surface area contributed by atoms with Crippen LogP contribution in [-0.2, 0) is 6.54 Å². The summed E-state index contributed by atoms with van der Waals surface area (Å²) in [6.07, 6.45) is 4.60. The number of likely N-dealkylation sites (tertiary alicyclic amines) is 1. The number of aliphatic hydroxyl groups excluding tert-OH is 1. The predicted molar refractivity (Wildman–Crippen MR) is 81.2 cm³/mol. The van der Waals surface area contributed by atoms with E-state index in [2.05, 4.69) is 35.1 Å². The highest BCUT2D eigenvalue weighted by Crippen LogP contribution is 2.23. The first kappa shape index (κ1) is 14.6. The van der Waals surface area contributed by atoms with Gasteiger partial charge in [0.05, 0.1) is 6.61 Å². The number of hydrogen-bond acceptors (Lipinski definition) is 3. The number of rotatable bonds is 4. The third kappa shape index (κ3) is 4.65. The van der Waals surface area contributed by atoms with Gasteiger partial charge in [0.1, 0.15) is 0 Å². The Balaban J connectivity index is 1.82. The largest absolute Gasteiger partial charge is 0.395 e. The Morgan fingerprint density at radius 1 is 1.42 bits per heavy atom. The molecule has 104 valence electrons. The van der Waals surface area contributed by atoms with Crippen molar-refractivity contribution in [1.82, 2.24) is 4.90 Å². The quantitative estimate of drug-likeness (QED) is 0.855. The zero-order valence-electron chi connectivity index (χ0n) is 11.7. The van der Waals surface area contributed by atoms with Crippen LogP contribution in [0.15, 0.2) is 11.4 Å². The maximum absolute atomic E-state index is 8.70. The summed E-state index contributed by atoms with van der Waals surface area (Å²) in [5.41, 5.74) is 1.09. The van der Waals surface area contributed by atoms with Gasteiger partial charge in [-0.3, -0.25) is 4.90 Å². The van der Waals surface area contributed by atoms with Crippen molar-refractivity contribution >= 4 is 11.3 Å². The van der Waals surface area contributed by atoms with E-state index in [-0.39, 0.29) is 6.61 Å². The van der Waals surface area contributed by atoms with Gasteiger partial charge in [0, 0.05) is 28.8 Å². The van der Waals surface area contributed by atoms with Crippen LogP contribution in [0, 0.1) is 17.8 Å². The lowest BCUT2D eigenvalue weighted by Crippen LogP contribution is -2.32. The summed E-state index contributed by atoms with van der Waals surface area (Å²) in [6, 6.07) is 2.20. The van der Waals surface area contributed by atoms with Crippen LogP contribution >= 0.6 is 11.3 Å². The van der Waals surface area contributed by atoms with Gasteiger partial charge in [-0.1, -0.05) is 25.2 Å². The topological polar surface area (TPSA) is 23.5 Å². The van der Waals surface area contributed by atoms with Crippen LogP contribution < -0.4 is 0 Å².